The van der Waals surface area contributed by atoms with Gasteiger partial charge in [0.2, 0.25) is 5.91 Å². The van der Waals surface area contributed by atoms with Crippen LogP contribution in [-0.4, -0.2) is 25.0 Å². The van der Waals surface area contributed by atoms with Crippen molar-refractivity contribution >= 4 is 16.9 Å². The first-order valence-corrected chi connectivity index (χ1v) is 9.43. The second-order valence-corrected chi connectivity index (χ2v) is 6.76. The summed E-state index contributed by atoms with van der Waals surface area (Å²) < 4.78 is 3.92. The Labute approximate surface area is 163 Å². The molecular formula is C22H23N5O. The molecule has 0 aliphatic heterocycles. The minimum Gasteiger partial charge on any atom is -0.341 e. The second-order valence-electron chi connectivity index (χ2n) is 6.76. The third-order valence-electron chi connectivity index (χ3n) is 4.91. The number of nitrogens with zero attached hydrogens (tertiary/aromatic N) is 4. The van der Waals surface area contributed by atoms with Crippen molar-refractivity contribution in [1.29, 1.82) is 0 Å². The normalized spacial score (nSPS) is 12.2. The van der Waals surface area contributed by atoms with Crippen LogP contribution in [0.5, 0.6) is 0 Å². The Morgan fingerprint density at radius 1 is 1.11 bits per heavy atom. The van der Waals surface area contributed by atoms with E-state index in [4.69, 9.17) is 0 Å². The molecule has 142 valence electrons. The summed E-state index contributed by atoms with van der Waals surface area (Å²) in [4.78, 5) is 22.1. The van der Waals surface area contributed by atoms with Crippen LogP contribution in [-0.2, 0) is 24.8 Å². The standard InChI is InChI=1S/C22H23N5O/c1-3-19-24-17-11-7-8-12-18(17)27(19)15-20(28)25-21(16-9-5-4-6-10-16)22-23-13-14-26(22)2/h4-14,21H,3,15H2,1-2H3,(H,25,28)/t21-/m0/s1. The Bertz CT molecular complexity index is 1100. The number of amides is 1. The molecule has 2 heterocycles. The van der Waals surface area contributed by atoms with Gasteiger partial charge in [-0.05, 0) is 17.7 Å². The second kappa shape index (κ2) is 7.68. The Hall–Kier alpha value is -3.41. The maximum atomic E-state index is 13.0. The number of fused-ring (bicyclic) bond motifs is 1. The van der Waals surface area contributed by atoms with Crippen LogP contribution in [0.4, 0.5) is 0 Å². The lowest BCUT2D eigenvalue weighted by molar-refractivity contribution is -0.122. The van der Waals surface area contributed by atoms with Gasteiger partial charge in [0.05, 0.1) is 11.0 Å². The highest BCUT2D eigenvalue weighted by molar-refractivity contribution is 5.81. The van der Waals surface area contributed by atoms with Crippen LogP contribution in [0.1, 0.15) is 30.2 Å². The quantitative estimate of drug-likeness (QED) is 0.564. The Balaban J connectivity index is 1.64. The average molecular weight is 373 g/mol. The largest absolute Gasteiger partial charge is 0.341 e. The van der Waals surface area contributed by atoms with E-state index in [0.717, 1.165) is 34.7 Å². The van der Waals surface area contributed by atoms with Gasteiger partial charge in [0.15, 0.2) is 0 Å². The summed E-state index contributed by atoms with van der Waals surface area (Å²) in [6.07, 6.45) is 4.40. The van der Waals surface area contributed by atoms with Crippen molar-refractivity contribution in [1.82, 2.24) is 24.4 Å². The summed E-state index contributed by atoms with van der Waals surface area (Å²) >= 11 is 0. The molecule has 2 aromatic carbocycles. The summed E-state index contributed by atoms with van der Waals surface area (Å²) in [5.41, 5.74) is 2.88. The van der Waals surface area contributed by atoms with Gasteiger partial charge >= 0.3 is 0 Å². The van der Waals surface area contributed by atoms with Gasteiger partial charge in [-0.25, -0.2) is 9.97 Å². The highest BCUT2D eigenvalue weighted by Gasteiger charge is 2.21. The zero-order valence-electron chi connectivity index (χ0n) is 16.0. The van der Waals surface area contributed by atoms with Gasteiger partial charge in [-0.2, -0.15) is 0 Å². The maximum Gasteiger partial charge on any atom is 0.240 e. The molecule has 1 atom stereocenters. The van der Waals surface area contributed by atoms with Gasteiger partial charge in [-0.1, -0.05) is 49.4 Å². The Morgan fingerprint density at radius 3 is 2.57 bits per heavy atom. The van der Waals surface area contributed by atoms with Crippen molar-refractivity contribution in [3.05, 3.63) is 84.2 Å². The molecule has 0 bridgehead atoms. The minimum absolute atomic E-state index is 0.0743. The van der Waals surface area contributed by atoms with E-state index in [0.29, 0.717) is 0 Å². The van der Waals surface area contributed by atoms with Crippen LogP contribution < -0.4 is 5.32 Å². The third kappa shape index (κ3) is 3.41. The van der Waals surface area contributed by atoms with E-state index >= 15 is 0 Å². The van der Waals surface area contributed by atoms with E-state index in [1.54, 1.807) is 6.20 Å². The fraction of sp³-hybridized carbons (Fsp3) is 0.227. The molecule has 0 fully saturated rings. The first-order chi connectivity index (χ1) is 13.7. The number of aryl methyl sites for hydroxylation is 2. The lowest BCUT2D eigenvalue weighted by Gasteiger charge is -2.20. The highest BCUT2D eigenvalue weighted by atomic mass is 16.2. The van der Waals surface area contributed by atoms with Crippen molar-refractivity contribution < 1.29 is 4.79 Å². The monoisotopic (exact) mass is 373 g/mol. The minimum atomic E-state index is -0.312. The van der Waals surface area contributed by atoms with E-state index < -0.39 is 0 Å². The van der Waals surface area contributed by atoms with Crippen molar-refractivity contribution in [2.45, 2.75) is 25.9 Å². The number of rotatable bonds is 6. The predicted molar refractivity (Wildman–Crippen MR) is 109 cm³/mol. The topological polar surface area (TPSA) is 64.7 Å². The van der Waals surface area contributed by atoms with E-state index in [2.05, 4.69) is 22.2 Å². The number of carbonyl (C=O) groups excluding carboxylic acids is 1. The molecule has 6 nitrogen and oxygen atoms in total. The summed E-state index contributed by atoms with van der Waals surface area (Å²) in [7, 11) is 1.93. The highest BCUT2D eigenvalue weighted by Crippen LogP contribution is 2.21. The van der Waals surface area contributed by atoms with Crippen LogP contribution in [0, 0.1) is 0 Å². The molecule has 1 amide bonds. The molecule has 4 aromatic rings. The molecule has 0 radical (unpaired) electrons. The average Bonchev–Trinajstić information content (AvgIpc) is 3.30. The zero-order valence-corrected chi connectivity index (χ0v) is 16.0. The fourth-order valence-corrected chi connectivity index (χ4v) is 3.52. The van der Waals surface area contributed by atoms with Gasteiger partial charge in [-0.3, -0.25) is 4.79 Å². The molecule has 0 aliphatic rings. The molecule has 0 unspecified atom stereocenters. The predicted octanol–water partition coefficient (Wildman–Crippen LogP) is 3.24. The molecule has 6 heteroatoms. The van der Waals surface area contributed by atoms with Crippen molar-refractivity contribution in [3.8, 4) is 0 Å². The molecule has 1 N–H and O–H groups in total. The first-order valence-electron chi connectivity index (χ1n) is 9.43. The zero-order chi connectivity index (χ0) is 19.5. The van der Waals surface area contributed by atoms with E-state index in [-0.39, 0.29) is 18.5 Å². The number of aromatic nitrogens is 4. The summed E-state index contributed by atoms with van der Waals surface area (Å²) in [5.74, 6) is 1.63. The number of hydrogen-bond donors (Lipinski definition) is 1. The molecule has 2 aromatic heterocycles. The fourth-order valence-electron chi connectivity index (χ4n) is 3.52. The van der Waals surface area contributed by atoms with Gasteiger partial charge in [0.25, 0.3) is 0 Å². The van der Waals surface area contributed by atoms with Crippen molar-refractivity contribution in [3.63, 3.8) is 0 Å². The lowest BCUT2D eigenvalue weighted by atomic mass is 10.1. The van der Waals surface area contributed by atoms with Gasteiger partial charge < -0.3 is 14.5 Å². The number of nitrogens with one attached hydrogen (secondary N) is 1. The molecule has 28 heavy (non-hydrogen) atoms. The summed E-state index contributed by atoms with van der Waals surface area (Å²) in [6.45, 7) is 2.27. The van der Waals surface area contributed by atoms with Crippen molar-refractivity contribution in [2.75, 3.05) is 0 Å². The van der Waals surface area contributed by atoms with E-state index in [9.17, 15) is 4.79 Å². The number of imidazole rings is 2. The summed E-state index contributed by atoms with van der Waals surface area (Å²) in [6, 6.07) is 17.5. The van der Waals surface area contributed by atoms with Crippen LogP contribution in [0.25, 0.3) is 11.0 Å². The molecule has 4 rings (SSSR count). The Morgan fingerprint density at radius 2 is 1.86 bits per heavy atom. The number of carbonyl (C=O) groups is 1. The third-order valence-corrected chi connectivity index (χ3v) is 4.91. The van der Waals surface area contributed by atoms with Gasteiger partial charge in [0.1, 0.15) is 24.2 Å². The van der Waals surface area contributed by atoms with E-state index in [1.807, 2.05) is 77.0 Å². The number of para-hydroxylation sites is 2. The molecule has 0 aliphatic carbocycles. The molecular weight excluding hydrogens is 350 g/mol. The molecule has 0 spiro atoms. The molecule has 0 saturated carbocycles. The number of hydrogen-bond acceptors (Lipinski definition) is 3. The Kier molecular flexibility index (Phi) is 4.93. The van der Waals surface area contributed by atoms with Crippen LogP contribution >= 0.6 is 0 Å². The van der Waals surface area contributed by atoms with Crippen LogP contribution in [0.3, 0.4) is 0 Å². The van der Waals surface area contributed by atoms with Gasteiger partial charge in [-0.15, -0.1) is 0 Å². The maximum absolute atomic E-state index is 13.0. The van der Waals surface area contributed by atoms with Crippen LogP contribution in [0.15, 0.2) is 67.0 Å². The molecule has 0 saturated heterocycles. The number of benzene rings is 2. The SMILES string of the molecule is CCc1nc2ccccc2n1CC(=O)N[C@@H](c1ccccc1)c1nccn1C. The first kappa shape index (κ1) is 18.0. The van der Waals surface area contributed by atoms with Crippen molar-refractivity contribution in [2.24, 2.45) is 7.05 Å². The van der Waals surface area contributed by atoms with E-state index in [1.165, 1.54) is 0 Å². The van der Waals surface area contributed by atoms with Crippen LogP contribution in [0.2, 0.25) is 0 Å². The smallest absolute Gasteiger partial charge is 0.240 e. The van der Waals surface area contributed by atoms with Gasteiger partial charge in [0, 0.05) is 25.9 Å². The lowest BCUT2D eigenvalue weighted by Crippen LogP contribution is -2.34. The summed E-state index contributed by atoms with van der Waals surface area (Å²) in [5, 5.41) is 3.16.